The molecule has 0 aliphatic heterocycles. The molecule has 0 fully saturated rings. The summed E-state index contributed by atoms with van der Waals surface area (Å²) in [5.74, 6) is 0.585. The average Bonchev–Trinajstić information content (AvgIpc) is 3.11. The highest BCUT2D eigenvalue weighted by Crippen LogP contribution is 2.36. The Morgan fingerprint density at radius 2 is 1.84 bits per heavy atom. The van der Waals surface area contributed by atoms with E-state index in [4.69, 9.17) is 28.2 Å². The fourth-order valence-corrected chi connectivity index (χ4v) is 3.73. The van der Waals surface area contributed by atoms with E-state index >= 15 is 0 Å². The first kappa shape index (κ1) is 20.8. The van der Waals surface area contributed by atoms with Gasteiger partial charge in [-0.25, -0.2) is 9.98 Å². The molecule has 9 heteroatoms. The highest BCUT2D eigenvalue weighted by atomic mass is 35.5. The standard InChI is InChI=1S/C22H17Cl2N5O2/c1-27(2)16-9-6-14(7-10-16)20-22(28-12-4-3-5-18(28)26-20)25-13-15-8-11-17(23)21(19(15)24)29(30)31/h3-13H,1-2H3. The van der Waals surface area contributed by atoms with E-state index in [-0.39, 0.29) is 15.7 Å². The smallest absolute Gasteiger partial charge is 0.306 e. The second-order valence-electron chi connectivity index (χ2n) is 6.97. The van der Waals surface area contributed by atoms with Crippen molar-refractivity contribution in [2.75, 3.05) is 19.0 Å². The van der Waals surface area contributed by atoms with Crippen LogP contribution < -0.4 is 4.90 Å². The van der Waals surface area contributed by atoms with Gasteiger partial charge in [0.05, 0.1) is 4.92 Å². The molecule has 0 spiro atoms. The number of anilines is 1. The Morgan fingerprint density at radius 1 is 1.10 bits per heavy atom. The van der Waals surface area contributed by atoms with Crippen LogP contribution in [-0.4, -0.2) is 34.6 Å². The Hall–Kier alpha value is -3.42. The zero-order chi connectivity index (χ0) is 22.1. The maximum atomic E-state index is 11.3. The van der Waals surface area contributed by atoms with Crippen LogP contribution in [0.4, 0.5) is 17.2 Å². The van der Waals surface area contributed by atoms with Gasteiger partial charge in [-0.05, 0) is 36.4 Å². The number of nitro benzene ring substituents is 1. The van der Waals surface area contributed by atoms with Gasteiger partial charge in [-0.15, -0.1) is 0 Å². The van der Waals surface area contributed by atoms with Crippen LogP contribution in [0.15, 0.2) is 65.8 Å². The van der Waals surface area contributed by atoms with Crippen LogP contribution in [0.1, 0.15) is 5.56 Å². The molecule has 7 nitrogen and oxygen atoms in total. The highest BCUT2D eigenvalue weighted by molar-refractivity contribution is 6.39. The molecule has 0 radical (unpaired) electrons. The van der Waals surface area contributed by atoms with Crippen molar-refractivity contribution in [2.24, 2.45) is 4.99 Å². The number of imidazole rings is 1. The summed E-state index contributed by atoms with van der Waals surface area (Å²) >= 11 is 12.2. The molecule has 0 atom stereocenters. The van der Waals surface area contributed by atoms with Crippen molar-refractivity contribution in [1.29, 1.82) is 0 Å². The summed E-state index contributed by atoms with van der Waals surface area (Å²) in [6, 6.07) is 16.7. The van der Waals surface area contributed by atoms with Crippen molar-refractivity contribution >= 4 is 52.3 Å². The summed E-state index contributed by atoms with van der Waals surface area (Å²) in [7, 11) is 3.95. The first-order valence-electron chi connectivity index (χ1n) is 9.28. The normalized spacial score (nSPS) is 11.4. The van der Waals surface area contributed by atoms with E-state index in [2.05, 4.69) is 4.99 Å². The topological polar surface area (TPSA) is 76.0 Å². The fraction of sp³-hybridized carbons (Fsp3) is 0.0909. The number of rotatable bonds is 5. The molecule has 2 aromatic carbocycles. The van der Waals surface area contributed by atoms with Crippen molar-refractivity contribution in [1.82, 2.24) is 9.38 Å². The zero-order valence-corrected chi connectivity index (χ0v) is 18.2. The van der Waals surface area contributed by atoms with Gasteiger partial charge in [0.25, 0.3) is 0 Å². The maximum Gasteiger partial charge on any atom is 0.306 e. The third-order valence-corrected chi connectivity index (χ3v) is 5.47. The molecule has 4 aromatic rings. The summed E-state index contributed by atoms with van der Waals surface area (Å²) in [6.07, 6.45) is 3.35. The molecule has 0 amide bonds. The van der Waals surface area contributed by atoms with Gasteiger partial charge in [0.1, 0.15) is 21.4 Å². The van der Waals surface area contributed by atoms with Gasteiger partial charge < -0.3 is 4.90 Å². The van der Waals surface area contributed by atoms with Crippen molar-refractivity contribution < 1.29 is 4.92 Å². The van der Waals surface area contributed by atoms with Gasteiger partial charge in [0.15, 0.2) is 5.82 Å². The molecule has 4 rings (SSSR count). The molecule has 2 aromatic heterocycles. The summed E-state index contributed by atoms with van der Waals surface area (Å²) in [4.78, 5) is 22.0. The van der Waals surface area contributed by atoms with Gasteiger partial charge in [-0.2, -0.15) is 0 Å². The number of aliphatic imine (C=N–C) groups is 1. The Kier molecular flexibility index (Phi) is 5.63. The number of aromatic nitrogens is 2. The minimum absolute atomic E-state index is 0.0244. The number of fused-ring (bicyclic) bond motifs is 1. The van der Waals surface area contributed by atoms with Crippen molar-refractivity contribution in [3.63, 3.8) is 0 Å². The molecule has 0 aliphatic rings. The molecule has 0 unspecified atom stereocenters. The lowest BCUT2D eigenvalue weighted by molar-refractivity contribution is -0.384. The molecule has 0 saturated carbocycles. The molecule has 0 bridgehead atoms. The van der Waals surface area contributed by atoms with Gasteiger partial charge in [0.2, 0.25) is 0 Å². The predicted molar refractivity (Wildman–Crippen MR) is 125 cm³/mol. The molecular weight excluding hydrogens is 437 g/mol. The highest BCUT2D eigenvalue weighted by Gasteiger charge is 2.20. The number of hydrogen-bond donors (Lipinski definition) is 0. The van der Waals surface area contributed by atoms with Crippen LogP contribution in [-0.2, 0) is 0 Å². The van der Waals surface area contributed by atoms with E-state index in [0.717, 1.165) is 16.9 Å². The van der Waals surface area contributed by atoms with Crippen molar-refractivity contribution in [3.8, 4) is 11.3 Å². The van der Waals surface area contributed by atoms with E-state index in [9.17, 15) is 10.1 Å². The Morgan fingerprint density at radius 3 is 2.52 bits per heavy atom. The van der Waals surface area contributed by atoms with Crippen LogP contribution in [0, 0.1) is 10.1 Å². The summed E-state index contributed by atoms with van der Waals surface area (Å²) in [5.41, 5.74) is 3.43. The average molecular weight is 454 g/mol. The minimum Gasteiger partial charge on any atom is -0.378 e. The second kappa shape index (κ2) is 8.37. The Bertz CT molecular complexity index is 1310. The molecule has 156 valence electrons. The minimum atomic E-state index is -0.603. The van der Waals surface area contributed by atoms with E-state index < -0.39 is 4.92 Å². The number of nitro groups is 1. The number of hydrogen-bond acceptors (Lipinski definition) is 5. The summed E-state index contributed by atoms with van der Waals surface area (Å²) in [6.45, 7) is 0. The van der Waals surface area contributed by atoms with Crippen molar-refractivity contribution in [2.45, 2.75) is 0 Å². The van der Waals surface area contributed by atoms with Gasteiger partial charge in [-0.1, -0.05) is 41.4 Å². The molecule has 31 heavy (non-hydrogen) atoms. The molecule has 0 N–H and O–H groups in total. The third-order valence-electron chi connectivity index (χ3n) is 4.77. The molecule has 0 saturated heterocycles. The number of pyridine rings is 1. The quantitative estimate of drug-likeness (QED) is 0.210. The first-order chi connectivity index (χ1) is 14.9. The Labute approximate surface area is 188 Å². The van der Waals surface area contributed by atoms with Gasteiger partial charge >= 0.3 is 5.69 Å². The number of halogens is 2. The maximum absolute atomic E-state index is 11.3. The van der Waals surface area contributed by atoms with Gasteiger partial charge in [-0.3, -0.25) is 14.5 Å². The van der Waals surface area contributed by atoms with Crippen LogP contribution in [0.25, 0.3) is 16.9 Å². The van der Waals surface area contributed by atoms with Crippen LogP contribution in [0.3, 0.4) is 0 Å². The lowest BCUT2D eigenvalue weighted by atomic mass is 10.1. The SMILES string of the molecule is CN(C)c1ccc(-c2nc3ccccn3c2N=Cc2ccc(Cl)c([N+](=O)[O-])c2Cl)cc1. The molecule has 2 heterocycles. The van der Waals surface area contributed by atoms with E-state index in [0.29, 0.717) is 17.1 Å². The van der Waals surface area contributed by atoms with Crippen LogP contribution in [0.2, 0.25) is 10.0 Å². The monoisotopic (exact) mass is 453 g/mol. The summed E-state index contributed by atoms with van der Waals surface area (Å²) in [5, 5.41) is 11.2. The van der Waals surface area contributed by atoms with Crippen molar-refractivity contribution in [3.05, 3.63) is 86.5 Å². The first-order valence-corrected chi connectivity index (χ1v) is 10.0. The second-order valence-corrected chi connectivity index (χ2v) is 7.75. The molecule has 0 aliphatic carbocycles. The number of benzene rings is 2. The largest absolute Gasteiger partial charge is 0.378 e. The lowest BCUT2D eigenvalue weighted by Crippen LogP contribution is -2.07. The van der Waals surface area contributed by atoms with E-state index in [1.54, 1.807) is 6.07 Å². The zero-order valence-electron chi connectivity index (χ0n) is 16.7. The van der Waals surface area contributed by atoms with E-state index in [1.807, 2.05) is 72.1 Å². The van der Waals surface area contributed by atoms with E-state index in [1.165, 1.54) is 12.3 Å². The van der Waals surface area contributed by atoms with Crippen LogP contribution in [0.5, 0.6) is 0 Å². The third kappa shape index (κ3) is 3.97. The lowest BCUT2D eigenvalue weighted by Gasteiger charge is -2.12. The fourth-order valence-electron chi connectivity index (χ4n) is 3.17. The Balaban J connectivity index is 1.84. The number of nitrogens with zero attached hydrogens (tertiary/aromatic N) is 5. The molecular formula is C22H17Cl2N5O2. The van der Waals surface area contributed by atoms with Crippen LogP contribution >= 0.6 is 23.2 Å². The summed E-state index contributed by atoms with van der Waals surface area (Å²) < 4.78 is 1.85. The van der Waals surface area contributed by atoms with Gasteiger partial charge in [0, 0.05) is 43.3 Å². The predicted octanol–water partition coefficient (Wildman–Crippen LogP) is 6.03.